The lowest BCUT2D eigenvalue weighted by Crippen LogP contribution is -2.39. The Kier molecular flexibility index (Phi) is 5.28. The Bertz CT molecular complexity index is 628. The van der Waals surface area contributed by atoms with Crippen LogP contribution in [0.5, 0.6) is 5.75 Å². The SMILES string of the molecule is Cn1ccnc1CCN1CCCC(COc2cccc(F)c2)C1. The molecule has 23 heavy (non-hydrogen) atoms. The van der Waals surface area contributed by atoms with Crippen LogP contribution in [0.3, 0.4) is 0 Å². The van der Waals surface area contributed by atoms with Crippen LogP contribution in [0.15, 0.2) is 36.7 Å². The molecule has 0 radical (unpaired) electrons. The average molecular weight is 317 g/mol. The van der Waals surface area contributed by atoms with Gasteiger partial charge in [-0.25, -0.2) is 9.37 Å². The Labute approximate surface area is 136 Å². The van der Waals surface area contributed by atoms with Crippen LogP contribution in [0, 0.1) is 11.7 Å². The molecule has 1 atom stereocenters. The number of piperidine rings is 1. The molecule has 3 rings (SSSR count). The van der Waals surface area contributed by atoms with Gasteiger partial charge in [-0.2, -0.15) is 0 Å². The van der Waals surface area contributed by atoms with Crippen LogP contribution in [0.25, 0.3) is 0 Å². The summed E-state index contributed by atoms with van der Waals surface area (Å²) in [5, 5.41) is 0. The molecule has 1 aliphatic heterocycles. The van der Waals surface area contributed by atoms with Crippen molar-refractivity contribution in [3.63, 3.8) is 0 Å². The van der Waals surface area contributed by atoms with Gasteiger partial charge in [-0.3, -0.25) is 0 Å². The Morgan fingerprint density at radius 2 is 2.30 bits per heavy atom. The van der Waals surface area contributed by atoms with E-state index in [9.17, 15) is 4.39 Å². The van der Waals surface area contributed by atoms with Crippen LogP contribution < -0.4 is 4.74 Å². The molecule has 0 aliphatic carbocycles. The smallest absolute Gasteiger partial charge is 0.126 e. The fourth-order valence-electron chi connectivity index (χ4n) is 3.16. The van der Waals surface area contributed by atoms with Gasteiger partial charge in [0.15, 0.2) is 0 Å². The highest BCUT2D eigenvalue weighted by atomic mass is 19.1. The lowest BCUT2D eigenvalue weighted by molar-refractivity contribution is 0.130. The lowest BCUT2D eigenvalue weighted by atomic mass is 9.99. The first-order valence-corrected chi connectivity index (χ1v) is 8.27. The van der Waals surface area contributed by atoms with Crippen LogP contribution in [-0.4, -0.2) is 40.7 Å². The maximum absolute atomic E-state index is 13.2. The molecule has 2 heterocycles. The summed E-state index contributed by atoms with van der Waals surface area (Å²) in [6, 6.07) is 6.38. The van der Waals surface area contributed by atoms with Gasteiger partial charge in [0.1, 0.15) is 17.4 Å². The molecule has 1 unspecified atom stereocenters. The predicted octanol–water partition coefficient (Wildman–Crippen LogP) is 2.89. The van der Waals surface area contributed by atoms with E-state index in [1.807, 2.05) is 25.5 Å². The highest BCUT2D eigenvalue weighted by Crippen LogP contribution is 2.19. The zero-order valence-corrected chi connectivity index (χ0v) is 13.6. The van der Waals surface area contributed by atoms with E-state index in [1.165, 1.54) is 25.0 Å². The highest BCUT2D eigenvalue weighted by molar-refractivity contribution is 5.22. The molecule has 5 heteroatoms. The predicted molar refractivity (Wildman–Crippen MR) is 88.0 cm³/mol. The van der Waals surface area contributed by atoms with E-state index in [2.05, 4.69) is 14.5 Å². The Hall–Kier alpha value is -1.88. The topological polar surface area (TPSA) is 30.3 Å². The van der Waals surface area contributed by atoms with Gasteiger partial charge in [0.25, 0.3) is 0 Å². The van der Waals surface area contributed by atoms with Gasteiger partial charge >= 0.3 is 0 Å². The second-order valence-electron chi connectivity index (χ2n) is 6.28. The summed E-state index contributed by atoms with van der Waals surface area (Å²) in [6.45, 7) is 3.87. The molecular weight excluding hydrogens is 293 g/mol. The number of likely N-dealkylation sites (tertiary alicyclic amines) is 1. The summed E-state index contributed by atoms with van der Waals surface area (Å²) in [5.74, 6) is 2.01. The molecule has 0 amide bonds. The van der Waals surface area contributed by atoms with Crippen molar-refractivity contribution >= 4 is 0 Å². The van der Waals surface area contributed by atoms with E-state index in [0.29, 0.717) is 18.3 Å². The number of hydrogen-bond acceptors (Lipinski definition) is 3. The number of halogens is 1. The maximum atomic E-state index is 13.2. The molecule has 0 spiro atoms. The van der Waals surface area contributed by atoms with Gasteiger partial charge < -0.3 is 14.2 Å². The first kappa shape index (κ1) is 16.0. The Balaban J connectivity index is 1.45. The average Bonchev–Trinajstić information content (AvgIpc) is 2.97. The molecule has 1 fully saturated rings. The van der Waals surface area contributed by atoms with Gasteiger partial charge in [-0.15, -0.1) is 0 Å². The molecule has 0 bridgehead atoms. The number of rotatable bonds is 6. The summed E-state index contributed by atoms with van der Waals surface area (Å²) in [4.78, 5) is 6.86. The largest absolute Gasteiger partial charge is 0.493 e. The number of benzene rings is 1. The molecule has 1 aromatic heterocycles. The van der Waals surface area contributed by atoms with E-state index in [-0.39, 0.29) is 5.82 Å². The minimum absolute atomic E-state index is 0.247. The van der Waals surface area contributed by atoms with E-state index >= 15 is 0 Å². The van der Waals surface area contributed by atoms with Gasteiger partial charge in [0, 0.05) is 50.9 Å². The van der Waals surface area contributed by atoms with Crippen LogP contribution >= 0.6 is 0 Å². The monoisotopic (exact) mass is 317 g/mol. The number of ether oxygens (including phenoxy) is 1. The molecule has 0 N–H and O–H groups in total. The number of aryl methyl sites for hydroxylation is 1. The van der Waals surface area contributed by atoms with Crippen molar-refractivity contribution in [2.45, 2.75) is 19.3 Å². The van der Waals surface area contributed by atoms with Crippen molar-refractivity contribution in [3.05, 3.63) is 48.3 Å². The van der Waals surface area contributed by atoms with E-state index in [1.54, 1.807) is 6.07 Å². The zero-order valence-electron chi connectivity index (χ0n) is 13.6. The van der Waals surface area contributed by atoms with Crippen molar-refractivity contribution in [2.75, 3.05) is 26.2 Å². The standard InChI is InChI=1S/C18H24FN3O/c1-21-11-8-20-18(21)7-10-22-9-3-4-15(13-22)14-23-17-6-2-5-16(19)12-17/h2,5-6,8,11-12,15H,3-4,7,9-10,13-14H2,1H3. The van der Waals surface area contributed by atoms with Crippen LogP contribution in [0.2, 0.25) is 0 Å². The Morgan fingerprint density at radius 1 is 1.39 bits per heavy atom. The normalized spacial score (nSPS) is 19.0. The van der Waals surface area contributed by atoms with Crippen LogP contribution in [-0.2, 0) is 13.5 Å². The van der Waals surface area contributed by atoms with Crippen molar-refractivity contribution in [1.29, 1.82) is 0 Å². The molecule has 4 nitrogen and oxygen atoms in total. The van der Waals surface area contributed by atoms with E-state index < -0.39 is 0 Å². The second kappa shape index (κ2) is 7.59. The summed E-state index contributed by atoms with van der Waals surface area (Å²) in [6.07, 6.45) is 7.18. The summed E-state index contributed by atoms with van der Waals surface area (Å²) >= 11 is 0. The third-order valence-electron chi connectivity index (χ3n) is 4.46. The number of hydrogen-bond donors (Lipinski definition) is 0. The minimum Gasteiger partial charge on any atom is -0.493 e. The third kappa shape index (κ3) is 4.55. The molecule has 1 aromatic carbocycles. The maximum Gasteiger partial charge on any atom is 0.126 e. The van der Waals surface area contributed by atoms with E-state index in [0.717, 1.165) is 31.9 Å². The molecule has 124 valence electrons. The molecule has 2 aromatic rings. The minimum atomic E-state index is -0.247. The highest BCUT2D eigenvalue weighted by Gasteiger charge is 2.20. The van der Waals surface area contributed by atoms with Gasteiger partial charge in [-0.05, 0) is 31.5 Å². The second-order valence-corrected chi connectivity index (χ2v) is 6.28. The fraction of sp³-hybridized carbons (Fsp3) is 0.500. The van der Waals surface area contributed by atoms with E-state index in [4.69, 9.17) is 4.74 Å². The summed E-state index contributed by atoms with van der Waals surface area (Å²) < 4.78 is 21.0. The van der Waals surface area contributed by atoms with Crippen molar-refractivity contribution < 1.29 is 9.13 Å². The molecule has 0 saturated carbocycles. The third-order valence-corrected chi connectivity index (χ3v) is 4.46. The van der Waals surface area contributed by atoms with Crippen molar-refractivity contribution in [3.8, 4) is 5.75 Å². The summed E-state index contributed by atoms with van der Waals surface area (Å²) in [7, 11) is 2.04. The number of aromatic nitrogens is 2. The van der Waals surface area contributed by atoms with Gasteiger partial charge in [0.05, 0.1) is 6.61 Å². The van der Waals surface area contributed by atoms with Gasteiger partial charge in [0.2, 0.25) is 0 Å². The zero-order chi connectivity index (χ0) is 16.1. The quantitative estimate of drug-likeness (QED) is 0.821. The van der Waals surface area contributed by atoms with Crippen LogP contribution in [0.1, 0.15) is 18.7 Å². The van der Waals surface area contributed by atoms with Crippen molar-refractivity contribution in [1.82, 2.24) is 14.5 Å². The summed E-state index contributed by atoms with van der Waals surface area (Å²) in [5.41, 5.74) is 0. The lowest BCUT2D eigenvalue weighted by Gasteiger charge is -2.32. The first-order chi connectivity index (χ1) is 11.2. The van der Waals surface area contributed by atoms with Gasteiger partial charge in [-0.1, -0.05) is 6.07 Å². The Morgan fingerprint density at radius 3 is 3.09 bits per heavy atom. The number of imidazole rings is 1. The van der Waals surface area contributed by atoms with Crippen molar-refractivity contribution in [2.24, 2.45) is 13.0 Å². The fourth-order valence-corrected chi connectivity index (χ4v) is 3.16. The first-order valence-electron chi connectivity index (χ1n) is 8.27. The molecule has 1 saturated heterocycles. The van der Waals surface area contributed by atoms with Crippen LogP contribution in [0.4, 0.5) is 4.39 Å². The molecular formula is C18H24FN3O. The number of nitrogens with zero attached hydrogens (tertiary/aromatic N) is 3. The molecule has 1 aliphatic rings.